The maximum Gasteiger partial charge on any atom is 0.126 e. The van der Waals surface area contributed by atoms with Crippen molar-refractivity contribution in [3.8, 4) is 0 Å². The summed E-state index contributed by atoms with van der Waals surface area (Å²) < 4.78 is 33.2. The van der Waals surface area contributed by atoms with Gasteiger partial charge in [0, 0.05) is 19.5 Å². The minimum absolute atomic E-state index is 0. The first-order valence-electron chi connectivity index (χ1n) is 7.64. The molecule has 2 atom stereocenters. The van der Waals surface area contributed by atoms with Gasteiger partial charge in [-0.15, -0.1) is 12.4 Å². The number of hydrogen-bond donors (Lipinski definition) is 2. The summed E-state index contributed by atoms with van der Waals surface area (Å²) in [5, 5.41) is 14.5. The van der Waals surface area contributed by atoms with E-state index < -0.39 is 23.3 Å². The van der Waals surface area contributed by atoms with E-state index in [1.807, 2.05) is 6.07 Å². The van der Waals surface area contributed by atoms with Crippen molar-refractivity contribution >= 4 is 12.4 Å². The number of aliphatic hydroxyl groups is 1. The van der Waals surface area contributed by atoms with Gasteiger partial charge in [0.15, 0.2) is 0 Å². The van der Waals surface area contributed by atoms with Crippen LogP contribution in [0.4, 0.5) is 8.78 Å². The van der Waals surface area contributed by atoms with Gasteiger partial charge in [-0.1, -0.05) is 30.3 Å². The first kappa shape index (κ1) is 18.8. The van der Waals surface area contributed by atoms with Gasteiger partial charge in [0.25, 0.3) is 0 Å². The van der Waals surface area contributed by atoms with E-state index in [1.165, 1.54) is 0 Å². The van der Waals surface area contributed by atoms with Crippen molar-refractivity contribution in [1.29, 1.82) is 0 Å². The van der Waals surface area contributed by atoms with Crippen molar-refractivity contribution in [1.82, 2.24) is 5.32 Å². The van der Waals surface area contributed by atoms with E-state index >= 15 is 0 Å². The van der Waals surface area contributed by atoms with Crippen LogP contribution in [-0.4, -0.2) is 30.9 Å². The van der Waals surface area contributed by atoms with Crippen LogP contribution in [0.3, 0.4) is 0 Å². The molecule has 2 aromatic carbocycles. The lowest BCUT2D eigenvalue weighted by Crippen LogP contribution is -2.52. The second-order valence-electron chi connectivity index (χ2n) is 5.77. The first-order valence-corrected chi connectivity index (χ1v) is 7.64. The van der Waals surface area contributed by atoms with Crippen LogP contribution in [0.2, 0.25) is 0 Å². The summed E-state index contributed by atoms with van der Waals surface area (Å²) in [4.78, 5) is 0. The smallest absolute Gasteiger partial charge is 0.126 e. The van der Waals surface area contributed by atoms with Crippen molar-refractivity contribution < 1.29 is 18.6 Å². The molecule has 2 unspecified atom stereocenters. The predicted molar refractivity (Wildman–Crippen MR) is 90.3 cm³/mol. The minimum atomic E-state index is -1.44. The van der Waals surface area contributed by atoms with Crippen molar-refractivity contribution in [3.05, 3.63) is 71.3 Å². The van der Waals surface area contributed by atoms with Gasteiger partial charge in [-0.2, -0.15) is 0 Å². The molecule has 0 amide bonds. The van der Waals surface area contributed by atoms with Crippen LogP contribution in [0.15, 0.2) is 48.5 Å². The average molecular weight is 356 g/mol. The second kappa shape index (κ2) is 8.03. The van der Waals surface area contributed by atoms with E-state index in [0.29, 0.717) is 25.3 Å². The fourth-order valence-corrected chi connectivity index (χ4v) is 2.97. The third-order valence-electron chi connectivity index (χ3n) is 4.20. The lowest BCUT2D eigenvalue weighted by molar-refractivity contribution is -0.124. The van der Waals surface area contributed by atoms with Crippen LogP contribution < -0.4 is 5.32 Å². The standard InChI is InChI=1S/C18H19F2NO2.ClH/c19-15-6-7-16(20)13(10-15)11-18(22,14-4-2-1-3-5-14)17-12-21-8-9-23-17;/h1-7,10,17,21-22H,8-9,11-12H2;1H. The Labute approximate surface area is 146 Å². The van der Waals surface area contributed by atoms with E-state index in [-0.39, 0.29) is 24.4 Å². The van der Waals surface area contributed by atoms with Crippen LogP contribution in [0.1, 0.15) is 11.1 Å². The zero-order chi connectivity index (χ0) is 16.3. The molecule has 2 N–H and O–H groups in total. The van der Waals surface area contributed by atoms with Gasteiger partial charge in [-0.25, -0.2) is 8.78 Å². The van der Waals surface area contributed by atoms with Gasteiger partial charge in [0.05, 0.1) is 6.61 Å². The molecule has 0 saturated carbocycles. The topological polar surface area (TPSA) is 41.5 Å². The van der Waals surface area contributed by atoms with Gasteiger partial charge < -0.3 is 15.2 Å². The molecular formula is C18H20ClF2NO2. The van der Waals surface area contributed by atoms with Crippen LogP contribution in [0.5, 0.6) is 0 Å². The Kier molecular flexibility index (Phi) is 6.29. The Morgan fingerprint density at radius 3 is 2.58 bits per heavy atom. The summed E-state index contributed by atoms with van der Waals surface area (Å²) in [7, 11) is 0. The fourth-order valence-electron chi connectivity index (χ4n) is 2.97. The third-order valence-corrected chi connectivity index (χ3v) is 4.20. The zero-order valence-electron chi connectivity index (χ0n) is 13.0. The normalized spacial score (nSPS) is 20.0. The molecular weight excluding hydrogens is 336 g/mol. The summed E-state index contributed by atoms with van der Waals surface area (Å²) in [5.74, 6) is -1.07. The molecule has 1 aliphatic rings. The zero-order valence-corrected chi connectivity index (χ0v) is 13.9. The second-order valence-corrected chi connectivity index (χ2v) is 5.77. The van der Waals surface area contributed by atoms with Gasteiger partial charge >= 0.3 is 0 Å². The monoisotopic (exact) mass is 355 g/mol. The van der Waals surface area contributed by atoms with Gasteiger partial charge in [0.2, 0.25) is 0 Å². The lowest BCUT2D eigenvalue weighted by Gasteiger charge is -2.39. The number of halogens is 3. The number of benzene rings is 2. The highest BCUT2D eigenvalue weighted by Gasteiger charge is 2.41. The molecule has 0 aliphatic carbocycles. The predicted octanol–water partition coefficient (Wildman–Crippen LogP) is 2.81. The number of nitrogens with one attached hydrogen (secondary N) is 1. The summed E-state index contributed by atoms with van der Waals surface area (Å²) in [6, 6.07) is 12.3. The van der Waals surface area contributed by atoms with Crippen LogP contribution >= 0.6 is 12.4 Å². The Balaban J connectivity index is 0.00000208. The van der Waals surface area contributed by atoms with Crippen LogP contribution in [0, 0.1) is 11.6 Å². The van der Waals surface area contributed by atoms with E-state index in [1.54, 1.807) is 24.3 Å². The summed E-state index contributed by atoms with van der Waals surface area (Å²) in [6.07, 6.45) is -0.603. The third kappa shape index (κ3) is 3.92. The van der Waals surface area contributed by atoms with E-state index in [9.17, 15) is 13.9 Å². The van der Waals surface area contributed by atoms with E-state index in [0.717, 1.165) is 18.2 Å². The highest BCUT2D eigenvalue weighted by atomic mass is 35.5. The summed E-state index contributed by atoms with van der Waals surface area (Å²) in [6.45, 7) is 1.61. The molecule has 0 radical (unpaired) electrons. The number of hydrogen-bond acceptors (Lipinski definition) is 3. The van der Waals surface area contributed by atoms with Crippen molar-refractivity contribution in [2.24, 2.45) is 0 Å². The number of rotatable bonds is 4. The molecule has 2 aromatic rings. The molecule has 1 heterocycles. The summed E-state index contributed by atoms with van der Waals surface area (Å²) in [5.41, 5.74) is -0.688. The Bertz CT molecular complexity index is 665. The van der Waals surface area contributed by atoms with E-state index in [4.69, 9.17) is 4.74 Å². The Hall–Kier alpha value is -1.53. The molecule has 1 saturated heterocycles. The van der Waals surface area contributed by atoms with Gasteiger partial charge in [0.1, 0.15) is 23.3 Å². The summed E-state index contributed by atoms with van der Waals surface area (Å²) >= 11 is 0. The quantitative estimate of drug-likeness (QED) is 0.886. The highest BCUT2D eigenvalue weighted by molar-refractivity contribution is 5.85. The van der Waals surface area contributed by atoms with Crippen molar-refractivity contribution in [2.75, 3.05) is 19.7 Å². The number of ether oxygens (including phenoxy) is 1. The van der Waals surface area contributed by atoms with Crippen molar-refractivity contribution in [3.63, 3.8) is 0 Å². The Morgan fingerprint density at radius 1 is 1.17 bits per heavy atom. The average Bonchev–Trinajstić information content (AvgIpc) is 2.59. The van der Waals surface area contributed by atoms with Crippen LogP contribution in [-0.2, 0) is 16.8 Å². The Morgan fingerprint density at radius 2 is 1.92 bits per heavy atom. The van der Waals surface area contributed by atoms with Gasteiger partial charge in [-0.3, -0.25) is 0 Å². The molecule has 0 aromatic heterocycles. The number of morpholine rings is 1. The molecule has 1 aliphatic heterocycles. The minimum Gasteiger partial charge on any atom is -0.382 e. The largest absolute Gasteiger partial charge is 0.382 e. The van der Waals surface area contributed by atoms with Gasteiger partial charge in [-0.05, 0) is 29.3 Å². The molecule has 6 heteroatoms. The molecule has 24 heavy (non-hydrogen) atoms. The maximum atomic E-state index is 14.0. The van der Waals surface area contributed by atoms with Crippen LogP contribution in [0.25, 0.3) is 0 Å². The molecule has 3 nitrogen and oxygen atoms in total. The molecule has 0 bridgehead atoms. The molecule has 0 spiro atoms. The SMILES string of the molecule is Cl.OC(Cc1cc(F)ccc1F)(c1ccccc1)C1CNCCO1. The fraction of sp³-hybridized carbons (Fsp3) is 0.333. The molecule has 130 valence electrons. The molecule has 1 fully saturated rings. The molecule has 3 rings (SSSR count). The maximum absolute atomic E-state index is 14.0. The lowest BCUT2D eigenvalue weighted by atomic mass is 9.82. The first-order chi connectivity index (χ1) is 11.1. The van der Waals surface area contributed by atoms with Crippen molar-refractivity contribution in [2.45, 2.75) is 18.1 Å². The highest BCUT2D eigenvalue weighted by Crippen LogP contribution is 2.32. The van der Waals surface area contributed by atoms with E-state index in [2.05, 4.69) is 5.32 Å².